The van der Waals surface area contributed by atoms with Gasteiger partial charge in [0.25, 0.3) is 0 Å². The molecule has 4 aromatic heterocycles. The van der Waals surface area contributed by atoms with Crippen LogP contribution in [-0.2, 0) is 6.54 Å². The van der Waals surface area contributed by atoms with Crippen LogP contribution >= 0.6 is 0 Å². The number of hydrogen-bond donors (Lipinski definition) is 3. The maximum Gasteiger partial charge on any atom is 0.137 e. The number of fused-ring (bicyclic) bond motifs is 2. The number of aliphatic hydroxyl groups is 1. The number of pyridine rings is 2. The second-order valence-corrected chi connectivity index (χ2v) is 8.69. The molecule has 0 amide bonds. The van der Waals surface area contributed by atoms with Crippen molar-refractivity contribution in [1.29, 1.82) is 0 Å². The quantitative estimate of drug-likeness (QED) is 0.390. The van der Waals surface area contributed by atoms with Crippen LogP contribution in [0.25, 0.3) is 44.3 Å². The van der Waals surface area contributed by atoms with E-state index in [1.165, 1.54) is 5.56 Å². The number of nitrogens with one attached hydrogen (secondary N) is 2. The van der Waals surface area contributed by atoms with Crippen LogP contribution in [0.2, 0.25) is 0 Å². The molecule has 6 nitrogen and oxygen atoms in total. The van der Waals surface area contributed by atoms with Gasteiger partial charge in [-0.2, -0.15) is 0 Å². The van der Waals surface area contributed by atoms with Gasteiger partial charge in [-0.25, -0.2) is 9.97 Å². The van der Waals surface area contributed by atoms with E-state index in [2.05, 4.69) is 61.2 Å². The molecular weight excluding hydrogens is 398 g/mol. The highest BCUT2D eigenvalue weighted by molar-refractivity contribution is 5.97. The molecule has 0 spiro atoms. The highest BCUT2D eigenvalue weighted by Gasteiger charge is 2.17. The lowest BCUT2D eigenvalue weighted by Crippen LogP contribution is -2.37. The van der Waals surface area contributed by atoms with Crippen molar-refractivity contribution >= 4 is 22.1 Å². The van der Waals surface area contributed by atoms with Crippen molar-refractivity contribution < 1.29 is 5.11 Å². The van der Waals surface area contributed by atoms with Crippen LogP contribution in [0.3, 0.4) is 0 Å². The number of benzene rings is 1. The summed E-state index contributed by atoms with van der Waals surface area (Å²) in [7, 11) is 0. The van der Waals surface area contributed by atoms with E-state index in [4.69, 9.17) is 0 Å². The SMILES string of the molecule is OC1CCCN(Cc2ccc(-c3cnc4[nH]cc(-c5cnc6[nH]ccc6c5)c4c3)cc2)C1. The maximum absolute atomic E-state index is 9.91. The highest BCUT2D eigenvalue weighted by Crippen LogP contribution is 2.32. The molecule has 0 radical (unpaired) electrons. The van der Waals surface area contributed by atoms with E-state index in [1.54, 1.807) is 0 Å². The average Bonchev–Trinajstić information content (AvgIpc) is 3.45. The molecule has 6 heteroatoms. The number of H-pyrrole nitrogens is 2. The molecule has 6 rings (SSSR count). The predicted molar refractivity (Wildman–Crippen MR) is 127 cm³/mol. The minimum absolute atomic E-state index is 0.190. The second-order valence-electron chi connectivity index (χ2n) is 8.69. The molecule has 5 heterocycles. The topological polar surface area (TPSA) is 80.8 Å². The van der Waals surface area contributed by atoms with Crippen LogP contribution in [0.4, 0.5) is 0 Å². The van der Waals surface area contributed by atoms with Crippen molar-refractivity contribution in [2.45, 2.75) is 25.5 Å². The van der Waals surface area contributed by atoms with Crippen molar-refractivity contribution in [3.05, 3.63) is 72.8 Å². The zero-order valence-corrected chi connectivity index (χ0v) is 17.8. The van der Waals surface area contributed by atoms with Gasteiger partial charge in [0, 0.05) is 65.3 Å². The normalized spacial score (nSPS) is 17.3. The summed E-state index contributed by atoms with van der Waals surface area (Å²) < 4.78 is 0. The Kier molecular flexibility index (Phi) is 4.74. The van der Waals surface area contributed by atoms with Crippen molar-refractivity contribution in [3.63, 3.8) is 0 Å². The maximum atomic E-state index is 9.91. The lowest BCUT2D eigenvalue weighted by molar-refractivity contribution is 0.0668. The molecule has 1 unspecified atom stereocenters. The fourth-order valence-electron chi connectivity index (χ4n) is 4.72. The molecule has 1 aromatic carbocycles. The number of aliphatic hydroxyl groups excluding tert-OH is 1. The Hall–Kier alpha value is -3.48. The van der Waals surface area contributed by atoms with Gasteiger partial charge in [-0.15, -0.1) is 0 Å². The van der Waals surface area contributed by atoms with E-state index in [9.17, 15) is 5.11 Å². The van der Waals surface area contributed by atoms with E-state index in [-0.39, 0.29) is 6.10 Å². The van der Waals surface area contributed by atoms with Gasteiger partial charge in [-0.05, 0) is 48.7 Å². The minimum atomic E-state index is -0.190. The molecule has 0 bridgehead atoms. The molecule has 32 heavy (non-hydrogen) atoms. The zero-order valence-electron chi connectivity index (χ0n) is 17.8. The number of nitrogens with zero attached hydrogens (tertiary/aromatic N) is 3. The van der Waals surface area contributed by atoms with E-state index < -0.39 is 0 Å². The second kappa shape index (κ2) is 7.89. The van der Waals surface area contributed by atoms with Crippen LogP contribution in [0.15, 0.2) is 67.3 Å². The van der Waals surface area contributed by atoms with Gasteiger partial charge in [-0.1, -0.05) is 24.3 Å². The predicted octanol–water partition coefficient (Wildman–Crippen LogP) is 4.73. The van der Waals surface area contributed by atoms with Gasteiger partial charge in [0.15, 0.2) is 0 Å². The first-order valence-corrected chi connectivity index (χ1v) is 11.1. The third kappa shape index (κ3) is 3.57. The number of aromatic amines is 2. The molecule has 0 aliphatic carbocycles. The first-order valence-electron chi connectivity index (χ1n) is 11.1. The summed E-state index contributed by atoms with van der Waals surface area (Å²) in [4.78, 5) is 18.0. The molecular formula is C26H25N5O. The van der Waals surface area contributed by atoms with Crippen LogP contribution in [0, 0.1) is 0 Å². The third-order valence-electron chi connectivity index (χ3n) is 6.42. The van der Waals surface area contributed by atoms with Crippen molar-refractivity contribution in [2.75, 3.05) is 13.1 Å². The highest BCUT2D eigenvalue weighted by atomic mass is 16.3. The summed E-state index contributed by atoms with van der Waals surface area (Å²) in [6.07, 6.45) is 9.54. The van der Waals surface area contributed by atoms with E-state index in [1.807, 2.05) is 30.9 Å². The van der Waals surface area contributed by atoms with Gasteiger partial charge < -0.3 is 15.1 Å². The fraction of sp³-hybridized carbons (Fsp3) is 0.231. The van der Waals surface area contributed by atoms with Crippen LogP contribution in [0.5, 0.6) is 0 Å². The number of likely N-dealkylation sites (tertiary alicyclic amines) is 1. The lowest BCUT2D eigenvalue weighted by Gasteiger charge is -2.29. The molecule has 1 aliphatic rings. The standard InChI is InChI=1S/C26H25N5O/c32-22-2-1-9-31(16-22)15-17-3-5-18(6-4-17)20-11-23-24(14-30-26(23)29-12-20)21-10-19-7-8-27-25(19)28-13-21/h3-8,10-14,22,32H,1-2,9,15-16H2,(H,27,28)(H,29,30). The van der Waals surface area contributed by atoms with Gasteiger partial charge >= 0.3 is 0 Å². The van der Waals surface area contributed by atoms with Gasteiger partial charge in [0.05, 0.1) is 6.10 Å². The lowest BCUT2D eigenvalue weighted by atomic mass is 10.0. The summed E-state index contributed by atoms with van der Waals surface area (Å²) in [5.41, 5.74) is 7.45. The molecule has 1 aliphatic heterocycles. The van der Waals surface area contributed by atoms with Crippen LogP contribution in [-0.4, -0.2) is 49.1 Å². The average molecular weight is 424 g/mol. The first-order chi connectivity index (χ1) is 15.7. The molecule has 1 fully saturated rings. The number of rotatable bonds is 4. The Bertz CT molecular complexity index is 1380. The smallest absolute Gasteiger partial charge is 0.137 e. The fourth-order valence-corrected chi connectivity index (χ4v) is 4.72. The summed E-state index contributed by atoms with van der Waals surface area (Å²) in [5.74, 6) is 0. The molecule has 5 aromatic rings. The number of piperidine rings is 1. The van der Waals surface area contributed by atoms with Crippen LogP contribution < -0.4 is 0 Å². The van der Waals surface area contributed by atoms with Crippen molar-refractivity contribution in [2.24, 2.45) is 0 Å². The Labute approximate surface area is 186 Å². The van der Waals surface area contributed by atoms with Crippen LogP contribution in [0.1, 0.15) is 18.4 Å². The molecule has 1 saturated heterocycles. The Morgan fingerprint density at radius 3 is 2.66 bits per heavy atom. The summed E-state index contributed by atoms with van der Waals surface area (Å²) >= 11 is 0. The number of aromatic nitrogens is 4. The summed E-state index contributed by atoms with van der Waals surface area (Å²) in [5, 5.41) is 12.1. The van der Waals surface area contributed by atoms with Crippen molar-refractivity contribution in [3.8, 4) is 22.3 Å². The first kappa shape index (κ1) is 19.2. The largest absolute Gasteiger partial charge is 0.392 e. The summed E-state index contributed by atoms with van der Waals surface area (Å²) in [6, 6.07) is 15.1. The minimum Gasteiger partial charge on any atom is -0.392 e. The van der Waals surface area contributed by atoms with Gasteiger partial charge in [0.1, 0.15) is 11.3 Å². The Balaban J connectivity index is 1.29. The van der Waals surface area contributed by atoms with Gasteiger partial charge in [-0.3, -0.25) is 4.90 Å². The monoisotopic (exact) mass is 423 g/mol. The molecule has 1 atom stereocenters. The number of β-amino-alcohol motifs (C(OH)–C–C–N with tert-alkyl or cyclic N) is 1. The summed E-state index contributed by atoms with van der Waals surface area (Å²) in [6.45, 7) is 2.70. The molecule has 0 saturated carbocycles. The molecule has 3 N–H and O–H groups in total. The molecule has 160 valence electrons. The third-order valence-corrected chi connectivity index (χ3v) is 6.42. The zero-order chi connectivity index (χ0) is 21.5. The van der Waals surface area contributed by atoms with E-state index in [0.29, 0.717) is 0 Å². The van der Waals surface area contributed by atoms with E-state index in [0.717, 1.165) is 76.8 Å². The van der Waals surface area contributed by atoms with Crippen molar-refractivity contribution in [1.82, 2.24) is 24.8 Å². The number of hydrogen-bond acceptors (Lipinski definition) is 4. The Morgan fingerprint density at radius 1 is 0.938 bits per heavy atom. The van der Waals surface area contributed by atoms with E-state index >= 15 is 0 Å². The Morgan fingerprint density at radius 2 is 1.78 bits per heavy atom. The van der Waals surface area contributed by atoms with Gasteiger partial charge in [0.2, 0.25) is 0 Å².